The van der Waals surface area contributed by atoms with E-state index < -0.39 is 61.8 Å². The lowest BCUT2D eigenvalue weighted by atomic mass is 9.72. The lowest BCUT2D eigenvalue weighted by Crippen LogP contribution is -2.65. The summed E-state index contributed by atoms with van der Waals surface area (Å²) in [5.74, 6) is -0.789. The van der Waals surface area contributed by atoms with Crippen molar-refractivity contribution in [1.29, 1.82) is 0 Å². The number of hydrogen-bond acceptors (Lipinski definition) is 8. The predicted octanol–water partition coefficient (Wildman–Crippen LogP) is 1.70. The summed E-state index contributed by atoms with van der Waals surface area (Å²) in [6.07, 6.45) is 5.72. The van der Waals surface area contributed by atoms with Gasteiger partial charge < -0.3 is 26.2 Å². The lowest BCUT2D eigenvalue weighted by Gasteiger charge is -2.47. The molecule has 0 radical (unpaired) electrons. The third kappa shape index (κ3) is 8.87. The monoisotopic (exact) mass is 662 g/mol. The first kappa shape index (κ1) is 36.3. The fraction of sp³-hybridized carbons (Fsp3) is 0.735. The van der Waals surface area contributed by atoms with Crippen LogP contribution in [0.3, 0.4) is 0 Å². The highest BCUT2D eigenvalue weighted by Crippen LogP contribution is 2.39. The number of β-amino-alcohol motifs (C(OH)–C–C–N with tert-alkyl or cyclic N) is 1. The maximum atomic E-state index is 14.0. The molecule has 6 atom stereocenters. The molecule has 1 heterocycles. The smallest absolute Gasteiger partial charge is 0.252 e. The van der Waals surface area contributed by atoms with Crippen LogP contribution in [0, 0.1) is 11.8 Å². The number of sulfone groups is 1. The van der Waals surface area contributed by atoms with Crippen LogP contribution in [0.5, 0.6) is 0 Å². The topological polar surface area (TPSA) is 165 Å². The molecule has 0 aromatic heterocycles. The van der Waals surface area contributed by atoms with Crippen LogP contribution in [0.15, 0.2) is 30.3 Å². The van der Waals surface area contributed by atoms with Crippen LogP contribution < -0.4 is 16.0 Å². The minimum atomic E-state index is -3.87. The Kier molecular flexibility index (Phi) is 11.0. The quantitative estimate of drug-likeness (QED) is 0.226. The molecule has 1 aromatic rings. The maximum absolute atomic E-state index is 14.0. The number of nitrogens with one attached hydrogen (secondary N) is 3. The van der Waals surface area contributed by atoms with Gasteiger partial charge >= 0.3 is 0 Å². The van der Waals surface area contributed by atoms with E-state index in [9.17, 15) is 33.0 Å². The molecule has 2 aliphatic carbocycles. The van der Waals surface area contributed by atoms with E-state index in [1.165, 1.54) is 13.8 Å². The van der Waals surface area contributed by atoms with Crippen molar-refractivity contribution in [3.05, 3.63) is 35.9 Å². The Morgan fingerprint density at radius 1 is 1.00 bits per heavy atom. The number of piperidine rings is 1. The van der Waals surface area contributed by atoms with Crippen molar-refractivity contribution in [1.82, 2.24) is 20.9 Å². The first-order valence-corrected chi connectivity index (χ1v) is 18.5. The summed E-state index contributed by atoms with van der Waals surface area (Å²) in [6, 6.07) is 6.49. The molecule has 2 saturated carbocycles. The molecule has 1 aliphatic heterocycles. The summed E-state index contributed by atoms with van der Waals surface area (Å²) in [4.78, 5) is 42.5. The molecule has 1 saturated heterocycles. The van der Waals surface area contributed by atoms with Crippen molar-refractivity contribution in [3.63, 3.8) is 0 Å². The number of amides is 3. The molecule has 12 heteroatoms. The van der Waals surface area contributed by atoms with Gasteiger partial charge in [0.2, 0.25) is 11.8 Å². The number of likely N-dealkylation sites (tertiary alicyclic amines) is 1. The van der Waals surface area contributed by atoms with Crippen molar-refractivity contribution in [2.24, 2.45) is 11.8 Å². The molecular weight excluding hydrogens is 608 g/mol. The van der Waals surface area contributed by atoms with Gasteiger partial charge in [0.15, 0.2) is 9.84 Å². The highest BCUT2D eigenvalue weighted by atomic mass is 32.2. The number of fused-ring (bicyclic) bond motifs is 1. The van der Waals surface area contributed by atoms with Crippen LogP contribution >= 0.6 is 0 Å². The SMILES string of the molecule is CC(C)(C)NC(=O)C1CC2CCCCC2CN1CC(O)C(Cc1ccccc1)NC(=O)C(NC(=O)C1(O)CC1)C(C)(C)S(C)(=O)=O. The third-order valence-electron chi connectivity index (χ3n) is 10.2. The van der Waals surface area contributed by atoms with E-state index in [0.717, 1.165) is 37.5 Å². The molecule has 3 amide bonds. The van der Waals surface area contributed by atoms with Gasteiger partial charge in [-0.15, -0.1) is 0 Å². The molecule has 11 nitrogen and oxygen atoms in total. The number of aliphatic hydroxyl groups is 2. The van der Waals surface area contributed by atoms with Crippen LogP contribution in [-0.4, -0.2) is 101 Å². The molecule has 1 aromatic carbocycles. The zero-order valence-electron chi connectivity index (χ0n) is 28.2. The average Bonchev–Trinajstić information content (AvgIpc) is 3.72. The van der Waals surface area contributed by atoms with Crippen molar-refractivity contribution < 1.29 is 33.0 Å². The van der Waals surface area contributed by atoms with Gasteiger partial charge in [0.05, 0.1) is 22.9 Å². The van der Waals surface area contributed by atoms with E-state index in [-0.39, 0.29) is 31.7 Å². The Labute approximate surface area is 274 Å². The van der Waals surface area contributed by atoms with Gasteiger partial charge in [0.25, 0.3) is 5.91 Å². The van der Waals surface area contributed by atoms with E-state index in [4.69, 9.17) is 0 Å². The number of carbonyl (C=O) groups is 3. The van der Waals surface area contributed by atoms with Crippen LogP contribution in [0.1, 0.15) is 85.1 Å². The van der Waals surface area contributed by atoms with Crippen LogP contribution in [0.25, 0.3) is 0 Å². The maximum Gasteiger partial charge on any atom is 0.252 e. The van der Waals surface area contributed by atoms with E-state index in [2.05, 4.69) is 16.0 Å². The van der Waals surface area contributed by atoms with E-state index >= 15 is 0 Å². The summed E-state index contributed by atoms with van der Waals surface area (Å²) in [5, 5.41) is 30.7. The van der Waals surface area contributed by atoms with E-state index in [1.54, 1.807) is 0 Å². The highest BCUT2D eigenvalue weighted by Gasteiger charge is 2.52. The molecule has 3 fully saturated rings. The van der Waals surface area contributed by atoms with E-state index in [1.807, 2.05) is 56.0 Å². The fourth-order valence-electron chi connectivity index (χ4n) is 6.79. The molecule has 0 bridgehead atoms. The highest BCUT2D eigenvalue weighted by molar-refractivity contribution is 7.92. The molecule has 3 aliphatic rings. The summed E-state index contributed by atoms with van der Waals surface area (Å²) >= 11 is 0. The number of nitrogens with zero attached hydrogens (tertiary/aromatic N) is 1. The minimum Gasteiger partial charge on any atom is -0.390 e. The number of hydrogen-bond donors (Lipinski definition) is 5. The second kappa shape index (κ2) is 13.9. The summed E-state index contributed by atoms with van der Waals surface area (Å²) in [6.45, 7) is 9.33. The number of aliphatic hydroxyl groups excluding tert-OH is 1. The summed E-state index contributed by atoms with van der Waals surface area (Å²) < 4.78 is 24.0. The van der Waals surface area contributed by atoms with Crippen LogP contribution in [0.2, 0.25) is 0 Å². The Morgan fingerprint density at radius 3 is 2.17 bits per heavy atom. The van der Waals surface area contributed by atoms with Gasteiger partial charge in [-0.05, 0) is 84.1 Å². The van der Waals surface area contributed by atoms with Crippen LogP contribution in [0.4, 0.5) is 0 Å². The zero-order chi connectivity index (χ0) is 34.1. The van der Waals surface area contributed by atoms with Crippen LogP contribution in [-0.2, 0) is 30.6 Å². The van der Waals surface area contributed by atoms with E-state index in [0.29, 0.717) is 24.8 Å². The van der Waals surface area contributed by atoms with Crippen molar-refractivity contribution >= 4 is 27.6 Å². The Morgan fingerprint density at radius 2 is 1.61 bits per heavy atom. The van der Waals surface area contributed by atoms with Gasteiger partial charge in [0, 0.05) is 24.9 Å². The first-order valence-electron chi connectivity index (χ1n) is 16.6. The van der Waals surface area contributed by atoms with Crippen molar-refractivity contribution in [2.75, 3.05) is 19.3 Å². The second-order valence-electron chi connectivity index (χ2n) is 15.4. The third-order valence-corrected chi connectivity index (χ3v) is 12.3. The molecule has 6 unspecified atom stereocenters. The molecule has 4 rings (SSSR count). The summed E-state index contributed by atoms with van der Waals surface area (Å²) in [5.41, 5.74) is -1.20. The van der Waals surface area contributed by atoms with Crippen molar-refractivity contribution in [3.8, 4) is 0 Å². The Balaban J connectivity index is 1.61. The first-order chi connectivity index (χ1) is 21.3. The molecule has 5 N–H and O–H groups in total. The number of benzene rings is 1. The predicted molar refractivity (Wildman–Crippen MR) is 176 cm³/mol. The summed E-state index contributed by atoms with van der Waals surface area (Å²) in [7, 11) is -3.87. The Hall–Kier alpha value is -2.54. The minimum absolute atomic E-state index is 0.0805. The van der Waals surface area contributed by atoms with Gasteiger partial charge in [-0.1, -0.05) is 49.6 Å². The fourth-order valence-corrected chi connectivity index (χ4v) is 7.39. The van der Waals surface area contributed by atoms with Crippen molar-refractivity contribution in [2.45, 2.75) is 126 Å². The average molecular weight is 663 g/mol. The van der Waals surface area contributed by atoms with Gasteiger partial charge in [-0.25, -0.2) is 8.42 Å². The zero-order valence-corrected chi connectivity index (χ0v) is 29.0. The normalized spacial score (nSPS) is 25.3. The molecule has 46 heavy (non-hydrogen) atoms. The standard InChI is InChI=1S/C34H54N4O7S/c1-32(2,3)37-29(40)26-19-23-14-10-11-15-24(23)20-38(26)21-27(39)25(18-22-12-8-7-9-13-22)35-30(41)28(33(4,5)46(6,44)45)36-31(42)34(43)16-17-34/h7-9,12-13,23-28,39,43H,10-11,14-21H2,1-6H3,(H,35,41)(H,36,42)(H,37,40). The molecule has 258 valence electrons. The lowest BCUT2D eigenvalue weighted by molar-refractivity contribution is -0.136. The largest absolute Gasteiger partial charge is 0.390 e. The van der Waals surface area contributed by atoms with Gasteiger partial charge in [-0.2, -0.15) is 0 Å². The Bertz CT molecular complexity index is 1360. The number of carbonyl (C=O) groups excluding carboxylic acids is 3. The van der Waals surface area contributed by atoms with Gasteiger partial charge in [0.1, 0.15) is 11.6 Å². The number of rotatable bonds is 12. The molecular formula is C34H54N4O7S. The van der Waals surface area contributed by atoms with Gasteiger partial charge in [-0.3, -0.25) is 19.3 Å². The molecule has 0 spiro atoms. The second-order valence-corrected chi connectivity index (χ2v) is 18.0.